The van der Waals surface area contributed by atoms with Gasteiger partial charge in [0.25, 0.3) is 5.56 Å². The van der Waals surface area contributed by atoms with Gasteiger partial charge in [0, 0.05) is 12.3 Å². The molecule has 3 rings (SSSR count). The number of hydrogen-bond acceptors (Lipinski definition) is 3. The Morgan fingerprint density at radius 3 is 3.00 bits per heavy atom. The average molecular weight is 284 g/mol. The molecule has 1 atom stereocenters. The Kier molecular flexibility index (Phi) is 3.58. The van der Waals surface area contributed by atoms with Crippen molar-refractivity contribution >= 4 is 5.65 Å². The zero-order valence-corrected chi connectivity index (χ0v) is 12.1. The highest BCUT2D eigenvalue weighted by Crippen LogP contribution is 2.08. The predicted octanol–water partition coefficient (Wildman–Crippen LogP) is 1.42. The van der Waals surface area contributed by atoms with E-state index in [-0.39, 0.29) is 11.6 Å². The van der Waals surface area contributed by atoms with Gasteiger partial charge in [-0.1, -0.05) is 6.07 Å². The monoisotopic (exact) mass is 284 g/mol. The molecular formula is C16H18N3O2+. The molecule has 0 amide bonds. The van der Waals surface area contributed by atoms with E-state index in [1.54, 1.807) is 16.7 Å². The van der Waals surface area contributed by atoms with Gasteiger partial charge in [-0.3, -0.25) is 9.20 Å². The quantitative estimate of drug-likeness (QED) is 0.788. The summed E-state index contributed by atoms with van der Waals surface area (Å²) in [5.74, 6) is 0.920. The second-order valence-corrected chi connectivity index (χ2v) is 5.26. The molecule has 0 saturated carbocycles. The van der Waals surface area contributed by atoms with Gasteiger partial charge in [-0.2, -0.15) is 0 Å². The molecule has 21 heavy (non-hydrogen) atoms. The standard InChI is InChI=1S/C16H17N3O2/c1-11-5-6-15-18-13(8-16(20)19(15)10-11)9-17-12(2)14-4-3-7-21-14/h3-8,10,12,17H,9H2,1-2H3/p+1/t12-/m1/s1. The maximum absolute atomic E-state index is 12.1. The molecule has 0 aliphatic rings. The van der Waals surface area contributed by atoms with Crippen LogP contribution in [0.5, 0.6) is 0 Å². The lowest BCUT2D eigenvalue weighted by Crippen LogP contribution is -2.83. The second kappa shape index (κ2) is 5.54. The second-order valence-electron chi connectivity index (χ2n) is 5.26. The Morgan fingerprint density at radius 1 is 1.38 bits per heavy atom. The molecule has 0 aliphatic carbocycles. The van der Waals surface area contributed by atoms with Crippen LogP contribution < -0.4 is 10.9 Å². The Hall–Kier alpha value is -2.40. The predicted molar refractivity (Wildman–Crippen MR) is 79.0 cm³/mol. The fraction of sp³-hybridized carbons (Fsp3) is 0.250. The Labute approximate surface area is 122 Å². The first-order valence-corrected chi connectivity index (χ1v) is 6.99. The number of hydrogen-bond donors (Lipinski definition) is 1. The van der Waals surface area contributed by atoms with Gasteiger partial charge < -0.3 is 9.73 Å². The number of nitrogens with two attached hydrogens (primary N) is 1. The van der Waals surface area contributed by atoms with Crippen molar-refractivity contribution in [1.82, 2.24) is 9.38 Å². The van der Waals surface area contributed by atoms with Gasteiger partial charge in [0.05, 0.1) is 6.26 Å². The number of pyridine rings is 1. The maximum Gasteiger partial charge on any atom is 0.258 e. The molecule has 3 aromatic rings. The minimum Gasteiger partial charge on any atom is -0.463 e. The van der Waals surface area contributed by atoms with Gasteiger partial charge in [0.15, 0.2) is 5.76 Å². The summed E-state index contributed by atoms with van der Waals surface area (Å²) < 4.78 is 6.95. The van der Waals surface area contributed by atoms with E-state index < -0.39 is 0 Å². The van der Waals surface area contributed by atoms with Gasteiger partial charge in [0.1, 0.15) is 23.9 Å². The van der Waals surface area contributed by atoms with Crippen LogP contribution in [0.1, 0.15) is 30.0 Å². The fourth-order valence-electron chi connectivity index (χ4n) is 2.33. The van der Waals surface area contributed by atoms with Crippen LogP contribution in [-0.4, -0.2) is 9.38 Å². The van der Waals surface area contributed by atoms with Gasteiger partial charge in [-0.15, -0.1) is 0 Å². The van der Waals surface area contributed by atoms with Crippen molar-refractivity contribution < 1.29 is 9.73 Å². The highest BCUT2D eigenvalue weighted by molar-refractivity contribution is 5.39. The van der Waals surface area contributed by atoms with E-state index in [4.69, 9.17) is 4.42 Å². The lowest BCUT2D eigenvalue weighted by molar-refractivity contribution is -0.710. The van der Waals surface area contributed by atoms with E-state index in [1.807, 2.05) is 37.4 Å². The van der Waals surface area contributed by atoms with E-state index in [1.165, 1.54) is 0 Å². The Bertz CT molecular complexity index is 806. The number of fused-ring (bicyclic) bond motifs is 1. The number of aryl methyl sites for hydroxylation is 1. The van der Waals surface area contributed by atoms with E-state index in [0.717, 1.165) is 17.0 Å². The van der Waals surface area contributed by atoms with Crippen molar-refractivity contribution in [3.8, 4) is 0 Å². The summed E-state index contributed by atoms with van der Waals surface area (Å²) >= 11 is 0. The van der Waals surface area contributed by atoms with Crippen LogP contribution in [0, 0.1) is 6.92 Å². The van der Waals surface area contributed by atoms with Crippen molar-refractivity contribution in [2.75, 3.05) is 0 Å². The van der Waals surface area contributed by atoms with Gasteiger partial charge >= 0.3 is 0 Å². The molecule has 0 aliphatic heterocycles. The molecule has 0 fully saturated rings. The summed E-state index contributed by atoms with van der Waals surface area (Å²) in [6.07, 6.45) is 3.48. The molecule has 5 heteroatoms. The molecule has 0 spiro atoms. The topological polar surface area (TPSA) is 64.1 Å². The Balaban J connectivity index is 1.82. The molecule has 3 heterocycles. The average Bonchev–Trinajstić information content (AvgIpc) is 3.00. The van der Waals surface area contributed by atoms with Crippen LogP contribution in [-0.2, 0) is 6.54 Å². The third kappa shape index (κ3) is 2.87. The van der Waals surface area contributed by atoms with Crippen molar-refractivity contribution in [2.24, 2.45) is 0 Å². The third-order valence-electron chi connectivity index (χ3n) is 3.53. The van der Waals surface area contributed by atoms with Crippen molar-refractivity contribution in [1.29, 1.82) is 0 Å². The molecule has 5 nitrogen and oxygen atoms in total. The highest BCUT2D eigenvalue weighted by Gasteiger charge is 2.12. The van der Waals surface area contributed by atoms with Crippen molar-refractivity contribution in [2.45, 2.75) is 26.4 Å². The summed E-state index contributed by atoms with van der Waals surface area (Å²) in [6, 6.07) is 9.45. The van der Waals surface area contributed by atoms with E-state index in [0.29, 0.717) is 12.2 Å². The first-order valence-electron chi connectivity index (χ1n) is 6.99. The van der Waals surface area contributed by atoms with Crippen LogP contribution in [0.25, 0.3) is 5.65 Å². The lowest BCUT2D eigenvalue weighted by Gasteiger charge is -2.08. The molecule has 0 saturated heterocycles. The number of aromatic nitrogens is 2. The summed E-state index contributed by atoms with van der Waals surface area (Å²) in [5, 5.41) is 2.10. The van der Waals surface area contributed by atoms with E-state index >= 15 is 0 Å². The molecule has 0 unspecified atom stereocenters. The van der Waals surface area contributed by atoms with Gasteiger partial charge in [-0.25, -0.2) is 4.98 Å². The normalized spacial score (nSPS) is 12.7. The molecule has 0 radical (unpaired) electrons. The summed E-state index contributed by atoms with van der Waals surface area (Å²) in [7, 11) is 0. The smallest absolute Gasteiger partial charge is 0.258 e. The number of nitrogens with zero attached hydrogens (tertiary/aromatic N) is 2. The van der Waals surface area contributed by atoms with E-state index in [9.17, 15) is 4.79 Å². The van der Waals surface area contributed by atoms with Gasteiger partial charge in [0.2, 0.25) is 0 Å². The molecule has 0 aromatic carbocycles. The van der Waals surface area contributed by atoms with Crippen LogP contribution in [0.15, 0.2) is 52.0 Å². The largest absolute Gasteiger partial charge is 0.463 e. The fourth-order valence-corrected chi connectivity index (χ4v) is 2.33. The van der Waals surface area contributed by atoms with Crippen molar-refractivity contribution in [3.05, 3.63) is 70.2 Å². The lowest BCUT2D eigenvalue weighted by atomic mass is 10.2. The summed E-state index contributed by atoms with van der Waals surface area (Å²) in [5.41, 5.74) is 2.46. The zero-order chi connectivity index (χ0) is 14.8. The highest BCUT2D eigenvalue weighted by atomic mass is 16.3. The van der Waals surface area contributed by atoms with Crippen LogP contribution >= 0.6 is 0 Å². The zero-order valence-electron chi connectivity index (χ0n) is 12.1. The Morgan fingerprint density at radius 2 is 2.24 bits per heavy atom. The molecule has 3 aromatic heterocycles. The number of furan rings is 1. The van der Waals surface area contributed by atoms with Crippen molar-refractivity contribution in [3.63, 3.8) is 0 Å². The van der Waals surface area contributed by atoms with Crippen LogP contribution in [0.4, 0.5) is 0 Å². The minimum absolute atomic E-state index is 0.0437. The van der Waals surface area contributed by atoms with E-state index in [2.05, 4.69) is 17.2 Å². The molecule has 2 N–H and O–H groups in total. The molecule has 108 valence electrons. The van der Waals surface area contributed by atoms with Crippen LogP contribution in [0.2, 0.25) is 0 Å². The summed E-state index contributed by atoms with van der Waals surface area (Å²) in [4.78, 5) is 16.6. The number of quaternary nitrogens is 1. The SMILES string of the molecule is Cc1ccc2nc(C[NH2+][C@H](C)c3ccco3)cc(=O)n2c1. The van der Waals surface area contributed by atoms with Gasteiger partial charge in [-0.05, 0) is 37.6 Å². The molecular weight excluding hydrogens is 266 g/mol. The minimum atomic E-state index is -0.0437. The number of rotatable bonds is 4. The van der Waals surface area contributed by atoms with Crippen LogP contribution in [0.3, 0.4) is 0 Å². The summed E-state index contributed by atoms with van der Waals surface area (Å²) in [6.45, 7) is 4.66. The first kappa shape index (κ1) is 13.6. The first-order chi connectivity index (χ1) is 10.1. The molecule has 0 bridgehead atoms. The maximum atomic E-state index is 12.1. The third-order valence-corrected chi connectivity index (χ3v) is 3.53.